The molecule has 1 aromatic carbocycles. The predicted octanol–water partition coefficient (Wildman–Crippen LogP) is 3.50. The summed E-state index contributed by atoms with van der Waals surface area (Å²) in [6.45, 7) is 1.80. The van der Waals surface area contributed by atoms with E-state index in [9.17, 15) is 4.79 Å². The van der Waals surface area contributed by atoms with E-state index in [1.165, 1.54) is 18.6 Å². The van der Waals surface area contributed by atoms with Crippen molar-refractivity contribution in [1.82, 2.24) is 14.2 Å². The Kier molecular flexibility index (Phi) is 4.48. The number of aromatic nitrogens is 3. The van der Waals surface area contributed by atoms with Gasteiger partial charge in [0.2, 0.25) is 5.88 Å². The monoisotopic (exact) mass is 343 g/mol. The Morgan fingerprint density at radius 2 is 2.00 bits per heavy atom. The number of urea groups is 1. The van der Waals surface area contributed by atoms with E-state index in [-0.39, 0.29) is 6.03 Å². The van der Waals surface area contributed by atoms with Crippen LogP contribution in [0, 0.1) is 6.92 Å². The molecule has 0 unspecified atom stereocenters. The fourth-order valence-corrected chi connectivity index (χ4v) is 3.01. The van der Waals surface area contributed by atoms with Gasteiger partial charge in [0.05, 0.1) is 18.5 Å². The molecule has 2 aromatic heterocycles. The van der Waals surface area contributed by atoms with E-state index >= 15 is 0 Å². The predicted molar refractivity (Wildman–Crippen MR) is 94.7 cm³/mol. The first-order valence-corrected chi connectivity index (χ1v) is 8.03. The van der Waals surface area contributed by atoms with Crippen LogP contribution in [0.4, 0.5) is 15.5 Å². The molecule has 7 nitrogen and oxygen atoms in total. The van der Waals surface area contributed by atoms with Crippen LogP contribution in [0.1, 0.15) is 5.69 Å². The van der Waals surface area contributed by atoms with Crippen molar-refractivity contribution in [1.29, 1.82) is 0 Å². The van der Waals surface area contributed by atoms with Crippen LogP contribution in [0.3, 0.4) is 0 Å². The zero-order valence-electron chi connectivity index (χ0n) is 13.5. The van der Waals surface area contributed by atoms with Crippen LogP contribution in [0.2, 0.25) is 0 Å². The number of ether oxygens (including phenoxy) is 1. The average Bonchev–Trinajstić information content (AvgIpc) is 3.13. The molecule has 3 aromatic rings. The van der Waals surface area contributed by atoms with E-state index in [0.29, 0.717) is 22.3 Å². The van der Waals surface area contributed by atoms with Gasteiger partial charge in [-0.1, -0.05) is 30.3 Å². The minimum Gasteiger partial charge on any atom is -0.480 e. The molecule has 8 heteroatoms. The summed E-state index contributed by atoms with van der Waals surface area (Å²) in [5, 5.41) is 10.4. The van der Waals surface area contributed by atoms with E-state index in [4.69, 9.17) is 4.74 Å². The van der Waals surface area contributed by atoms with Crippen molar-refractivity contribution in [2.45, 2.75) is 6.92 Å². The lowest BCUT2D eigenvalue weighted by atomic mass is 10.2. The fraction of sp³-hybridized carbons (Fsp3) is 0.188. The third-order valence-electron chi connectivity index (χ3n) is 3.42. The first kappa shape index (κ1) is 16.0. The molecule has 0 radical (unpaired) electrons. The van der Waals surface area contributed by atoms with Gasteiger partial charge in [-0.3, -0.25) is 5.32 Å². The van der Waals surface area contributed by atoms with Crippen molar-refractivity contribution in [2.24, 2.45) is 7.05 Å². The smallest absolute Gasteiger partial charge is 0.324 e. The number of nitrogens with one attached hydrogen (secondary N) is 2. The highest BCUT2D eigenvalue weighted by Gasteiger charge is 2.17. The number of benzene rings is 1. The summed E-state index contributed by atoms with van der Waals surface area (Å²) in [6.07, 6.45) is 0. The van der Waals surface area contributed by atoms with Crippen LogP contribution in [0.15, 0.2) is 36.4 Å². The zero-order chi connectivity index (χ0) is 17.1. The molecule has 0 atom stereocenters. The van der Waals surface area contributed by atoms with Gasteiger partial charge in [-0.25, -0.2) is 9.48 Å². The molecule has 2 amide bonds. The molecule has 24 heavy (non-hydrogen) atoms. The molecule has 3 rings (SSSR count). The summed E-state index contributed by atoms with van der Waals surface area (Å²) in [7, 11) is 3.29. The summed E-state index contributed by atoms with van der Waals surface area (Å²) in [4.78, 5) is 12.2. The average molecular weight is 343 g/mol. The highest BCUT2D eigenvalue weighted by atomic mass is 32.1. The summed E-state index contributed by atoms with van der Waals surface area (Å²) in [5.74, 6) is 0.497. The van der Waals surface area contributed by atoms with E-state index in [0.717, 1.165) is 11.3 Å². The standard InChI is InChI=1S/C16H17N5O2S/c1-10-14(15(23-3)21(2)19-10)18-16(22)17-13-9-12(20-24-13)11-7-5-4-6-8-11/h4-9H,1-3H3,(H2,17,18,22). The van der Waals surface area contributed by atoms with Gasteiger partial charge in [-0.15, -0.1) is 0 Å². The topological polar surface area (TPSA) is 81.1 Å². The molecule has 0 aliphatic rings. The van der Waals surface area contributed by atoms with E-state index < -0.39 is 0 Å². The highest BCUT2D eigenvalue weighted by Crippen LogP contribution is 2.28. The number of rotatable bonds is 4. The summed E-state index contributed by atoms with van der Waals surface area (Å²) in [5.41, 5.74) is 3.06. The van der Waals surface area contributed by atoms with Crippen LogP contribution >= 0.6 is 11.5 Å². The zero-order valence-corrected chi connectivity index (χ0v) is 14.3. The quantitative estimate of drug-likeness (QED) is 0.760. The minimum absolute atomic E-state index is 0.368. The van der Waals surface area contributed by atoms with Crippen molar-refractivity contribution >= 4 is 28.3 Å². The molecule has 2 heterocycles. The second-order valence-electron chi connectivity index (χ2n) is 5.11. The molecule has 0 aliphatic carbocycles. The molecular weight excluding hydrogens is 326 g/mol. The Morgan fingerprint density at radius 3 is 2.71 bits per heavy atom. The summed E-state index contributed by atoms with van der Waals surface area (Å²) in [6, 6.07) is 11.3. The first-order valence-electron chi connectivity index (χ1n) is 7.26. The molecule has 0 fully saturated rings. The number of carbonyl (C=O) groups excluding carboxylic acids is 1. The van der Waals surface area contributed by atoms with Crippen LogP contribution in [0.5, 0.6) is 5.88 Å². The van der Waals surface area contributed by atoms with Crippen LogP contribution < -0.4 is 15.4 Å². The van der Waals surface area contributed by atoms with Crippen molar-refractivity contribution in [3.63, 3.8) is 0 Å². The Morgan fingerprint density at radius 1 is 1.25 bits per heavy atom. The number of hydrogen-bond donors (Lipinski definition) is 2. The number of amides is 2. The first-order chi connectivity index (χ1) is 11.6. The maximum atomic E-state index is 12.2. The van der Waals surface area contributed by atoms with E-state index in [1.54, 1.807) is 18.7 Å². The van der Waals surface area contributed by atoms with Gasteiger partial charge in [0.1, 0.15) is 10.7 Å². The lowest BCUT2D eigenvalue weighted by Crippen LogP contribution is -2.19. The third kappa shape index (κ3) is 3.23. The third-order valence-corrected chi connectivity index (χ3v) is 4.12. The van der Waals surface area contributed by atoms with Crippen molar-refractivity contribution < 1.29 is 9.53 Å². The van der Waals surface area contributed by atoms with E-state index in [1.807, 2.05) is 36.4 Å². The molecule has 2 N–H and O–H groups in total. The van der Waals surface area contributed by atoms with Gasteiger partial charge >= 0.3 is 6.03 Å². The van der Waals surface area contributed by atoms with Gasteiger partial charge in [-0.2, -0.15) is 9.47 Å². The maximum absolute atomic E-state index is 12.2. The SMILES string of the molecule is COc1c(NC(=O)Nc2cc(-c3ccccc3)ns2)c(C)nn1C. The molecule has 0 saturated carbocycles. The fourth-order valence-electron chi connectivity index (χ4n) is 2.35. The second kappa shape index (κ2) is 6.71. The Hall–Kier alpha value is -2.87. The van der Waals surface area contributed by atoms with Crippen molar-refractivity contribution in [2.75, 3.05) is 17.7 Å². The van der Waals surface area contributed by atoms with Gasteiger partial charge < -0.3 is 10.1 Å². The van der Waals surface area contributed by atoms with Gasteiger partial charge in [0, 0.05) is 18.7 Å². The number of anilines is 2. The molecule has 0 spiro atoms. The Labute approximate surface area is 143 Å². The molecule has 124 valence electrons. The van der Waals surface area contributed by atoms with E-state index in [2.05, 4.69) is 20.1 Å². The second-order valence-corrected chi connectivity index (χ2v) is 5.92. The lowest BCUT2D eigenvalue weighted by molar-refractivity contribution is 0.262. The van der Waals surface area contributed by atoms with Crippen LogP contribution in [-0.2, 0) is 7.05 Å². The molecule has 0 aliphatic heterocycles. The van der Waals surface area contributed by atoms with Crippen LogP contribution in [0.25, 0.3) is 11.3 Å². The molecule has 0 bridgehead atoms. The van der Waals surface area contributed by atoms with Gasteiger partial charge in [0.25, 0.3) is 0 Å². The van der Waals surface area contributed by atoms with Gasteiger partial charge in [-0.05, 0) is 18.5 Å². The largest absolute Gasteiger partial charge is 0.480 e. The number of carbonyl (C=O) groups is 1. The summed E-state index contributed by atoms with van der Waals surface area (Å²) < 4.78 is 11.2. The molecule has 0 saturated heterocycles. The summed E-state index contributed by atoms with van der Waals surface area (Å²) >= 11 is 1.23. The number of aryl methyl sites for hydroxylation is 2. The molecular formula is C16H17N5O2S. The van der Waals surface area contributed by atoms with Crippen molar-refractivity contribution in [3.8, 4) is 17.1 Å². The van der Waals surface area contributed by atoms with Crippen LogP contribution in [-0.4, -0.2) is 27.3 Å². The maximum Gasteiger partial charge on any atom is 0.324 e. The Bertz CT molecular complexity index is 857. The number of hydrogen-bond acceptors (Lipinski definition) is 5. The van der Waals surface area contributed by atoms with Gasteiger partial charge in [0.15, 0.2) is 0 Å². The number of methoxy groups -OCH3 is 1. The van der Waals surface area contributed by atoms with Crippen molar-refractivity contribution in [3.05, 3.63) is 42.1 Å². The lowest BCUT2D eigenvalue weighted by Gasteiger charge is -2.07. The minimum atomic E-state index is -0.368. The Balaban J connectivity index is 1.71. The number of nitrogens with zero attached hydrogens (tertiary/aromatic N) is 3. The normalized spacial score (nSPS) is 10.5. The highest BCUT2D eigenvalue weighted by molar-refractivity contribution is 7.10.